The molecule has 18 nitrogen and oxygen atoms in total. The summed E-state index contributed by atoms with van der Waals surface area (Å²) in [6, 6.07) is 38.8. The van der Waals surface area contributed by atoms with Gasteiger partial charge in [0.05, 0.1) is 42.1 Å². The largest absolute Gasteiger partial charge is 0.472 e. The highest BCUT2D eigenvalue weighted by Crippen LogP contribution is 2.55. The fourth-order valence-corrected chi connectivity index (χ4v) is 19.0. The van der Waals surface area contributed by atoms with Crippen LogP contribution >= 0.6 is 0 Å². The van der Waals surface area contributed by atoms with Crippen molar-refractivity contribution in [2.24, 2.45) is 11.3 Å². The molecule has 4 saturated heterocycles. The van der Waals surface area contributed by atoms with Gasteiger partial charge in [-0.2, -0.15) is 5.26 Å². The van der Waals surface area contributed by atoms with Gasteiger partial charge >= 0.3 is 12.2 Å². The Hall–Kier alpha value is -8.01. The van der Waals surface area contributed by atoms with Gasteiger partial charge in [-0.05, 0) is 251 Å². The Kier molecular flexibility index (Phi) is 26.8. The Labute approximate surface area is 644 Å². The number of nitrogens with one attached hydrogen (secondary N) is 4. The third-order valence-electron chi connectivity index (χ3n) is 25.0. The molecule has 1 aromatic heterocycles. The SMILES string of the molecule is CC(=O)N[C@H]1CCC2(CCN(C(=O)OC(C)(C)C)CC2)c2ccccc21.CC(C)CCN1CCC2(CC1)C[C@H](NC(=O)c1ccoc1)c1ccccc12.CCC(=O)N[C@H]1CC2(CCN(C(=O)OC(C)(C)C)CC2)c2ccccc21.CCC(CC)(CCC#N)CN1CCC2(CC1)C[C@H](NC(C)=O)c1ccccc12.[HH].[HH].[HH].[HH]. The number of amides is 6. The summed E-state index contributed by atoms with van der Waals surface area (Å²) in [6.45, 7) is 35.2. The third kappa shape index (κ3) is 19.9. The van der Waals surface area contributed by atoms with Gasteiger partial charge in [0.25, 0.3) is 5.91 Å². The molecule has 8 aliphatic rings. The second-order valence-corrected chi connectivity index (χ2v) is 34.7. The molecule has 0 unspecified atom stereocenters. The van der Waals surface area contributed by atoms with Gasteiger partial charge in [0.15, 0.2) is 0 Å². The molecule has 0 saturated carbocycles. The van der Waals surface area contributed by atoms with Crippen molar-refractivity contribution in [2.75, 3.05) is 65.4 Å². The lowest BCUT2D eigenvalue weighted by atomic mass is 9.63. The number of hydrogen-bond acceptors (Lipinski definition) is 12. The summed E-state index contributed by atoms with van der Waals surface area (Å²) in [7, 11) is 0. The van der Waals surface area contributed by atoms with Gasteiger partial charge < -0.3 is 54.8 Å². The molecule has 4 fully saturated rings. The zero-order chi connectivity index (χ0) is 77.0. The highest BCUT2D eigenvalue weighted by atomic mass is 16.6. The first kappa shape index (κ1) is 81.5. The quantitative estimate of drug-likeness (QED) is 0.0769. The van der Waals surface area contributed by atoms with Crippen LogP contribution in [0.5, 0.6) is 0 Å². The van der Waals surface area contributed by atoms with Crippen LogP contribution in [-0.2, 0) is 45.5 Å². The average Bonchev–Trinajstić information content (AvgIpc) is 1.70. The maximum Gasteiger partial charge on any atom is 0.410 e. The van der Waals surface area contributed by atoms with Crippen LogP contribution < -0.4 is 21.3 Å². The number of rotatable bonds is 15. The third-order valence-corrected chi connectivity index (χ3v) is 25.0. The van der Waals surface area contributed by atoms with E-state index in [4.69, 9.17) is 19.2 Å². The highest BCUT2D eigenvalue weighted by Gasteiger charge is 2.50. The molecule has 4 N–H and O–H groups in total. The average molecular weight is 1470 g/mol. The molecule has 0 bridgehead atoms. The number of nitriles is 1. The maximum absolute atomic E-state index is 12.6. The highest BCUT2D eigenvalue weighted by molar-refractivity contribution is 5.94. The van der Waals surface area contributed by atoms with E-state index in [-0.39, 0.29) is 92.8 Å². The molecule has 107 heavy (non-hydrogen) atoms. The lowest BCUT2D eigenvalue weighted by Crippen LogP contribution is -2.49. The number of carbonyl (C=O) groups is 6. The number of carbonyl (C=O) groups excluding carboxylic acids is 6. The van der Waals surface area contributed by atoms with Crippen molar-refractivity contribution in [2.45, 2.75) is 269 Å². The fourth-order valence-electron chi connectivity index (χ4n) is 19.0. The standard InChI is InChI=1S/C24H35N3O.C23H30N2O2.2C21H30N2O3.4H2/c1-4-23(5-2,11-8-14-25)18-27-15-12-24(13-16-27)17-22(26-19(3)28)20-9-6-7-10-21(20)24;1-17(2)7-11-25-12-9-23(10-13-25)15-21(19-5-3-4-6-20(19)23)24-22(26)18-8-14-27-16-18;1-15(24)22-18-9-10-21(17-8-6-5-7-16(17)18)11-13-23(14-12-21)19(25)26-20(2,3)4;1-5-18(24)22-17-14-21(16-9-7-6-8-15(16)17)10-12-23(13-11-21)19(25)26-20(2,3)4;;;;/h6-7,9-10,22H,4-5,8,11-13,15-18H2,1-3H3,(H,26,28);3-6,8,14,16-17,21H,7,9-13,15H2,1-2H3,(H,24,26);5-8,18H,9-14H2,1-4H3,(H,22,24);6-9,17H,5,10-14H2,1-4H3,(H,22,24);4*1H/t22-;21-;18-;17-;;;;/m0000..../s1. The number of ether oxygens (including phenoxy) is 2. The summed E-state index contributed by atoms with van der Waals surface area (Å²) in [5, 5.41) is 21.7. The first-order chi connectivity index (χ1) is 51.0. The van der Waals surface area contributed by atoms with Crippen LogP contribution in [0.1, 0.15) is 297 Å². The molecule has 13 rings (SSSR count). The first-order valence-electron chi connectivity index (χ1n) is 40.3. The fraction of sp³-hybridized carbons (Fsp3) is 0.607. The number of likely N-dealkylation sites (tertiary alicyclic amines) is 4. The van der Waals surface area contributed by atoms with Crippen molar-refractivity contribution < 1.29 is 48.4 Å². The Balaban J connectivity index is 0.000000228. The van der Waals surface area contributed by atoms with Crippen LogP contribution in [0.4, 0.5) is 9.59 Å². The topological polar surface area (TPSA) is 219 Å². The van der Waals surface area contributed by atoms with E-state index in [1.165, 1.54) is 76.6 Å². The summed E-state index contributed by atoms with van der Waals surface area (Å²) in [5.41, 5.74) is 11.2. The zero-order valence-electron chi connectivity index (χ0n) is 66.8. The van der Waals surface area contributed by atoms with Crippen LogP contribution in [0, 0.1) is 22.7 Å². The van der Waals surface area contributed by atoms with Crippen molar-refractivity contribution in [3.05, 3.63) is 166 Å². The summed E-state index contributed by atoms with van der Waals surface area (Å²) < 4.78 is 16.1. The van der Waals surface area contributed by atoms with Gasteiger partial charge in [0.1, 0.15) is 17.5 Å². The van der Waals surface area contributed by atoms with E-state index < -0.39 is 11.2 Å². The molecule has 4 atom stereocenters. The predicted molar refractivity (Wildman–Crippen MR) is 430 cm³/mol. The molecule has 4 aliphatic carbocycles. The summed E-state index contributed by atoms with van der Waals surface area (Å²) in [4.78, 5) is 81.4. The van der Waals surface area contributed by atoms with Crippen molar-refractivity contribution in [3.8, 4) is 6.07 Å². The van der Waals surface area contributed by atoms with E-state index in [2.05, 4.69) is 150 Å². The summed E-state index contributed by atoms with van der Waals surface area (Å²) >= 11 is 0. The van der Waals surface area contributed by atoms with E-state index >= 15 is 0 Å². The molecule has 5 aromatic rings. The molecular weight excluding hydrogens is 1340 g/mol. The van der Waals surface area contributed by atoms with E-state index in [9.17, 15) is 28.8 Å². The van der Waals surface area contributed by atoms with Crippen LogP contribution in [0.3, 0.4) is 0 Å². The Bertz CT molecular complexity index is 3890. The molecule has 6 amide bonds. The minimum atomic E-state index is -0.471. The molecule has 5 heterocycles. The monoisotopic (exact) mass is 1470 g/mol. The Morgan fingerprint density at radius 2 is 0.925 bits per heavy atom. The molecule has 18 heteroatoms. The minimum absolute atomic E-state index is 0. The van der Waals surface area contributed by atoms with Gasteiger partial charge in [-0.3, -0.25) is 19.2 Å². The number of furan rings is 1. The van der Waals surface area contributed by atoms with Gasteiger partial charge in [-0.25, -0.2) is 9.59 Å². The Morgan fingerprint density at radius 3 is 1.33 bits per heavy atom. The van der Waals surface area contributed by atoms with Gasteiger partial charge in [-0.15, -0.1) is 0 Å². The van der Waals surface area contributed by atoms with Crippen LogP contribution in [0.25, 0.3) is 0 Å². The lowest BCUT2D eigenvalue weighted by Gasteiger charge is -2.47. The maximum atomic E-state index is 12.6. The smallest absolute Gasteiger partial charge is 0.410 e. The number of piperidine rings is 4. The molecular formula is C89H133N9O9. The minimum Gasteiger partial charge on any atom is -0.472 e. The molecule has 0 radical (unpaired) electrons. The van der Waals surface area contributed by atoms with Crippen molar-refractivity contribution >= 4 is 35.8 Å². The van der Waals surface area contributed by atoms with Gasteiger partial charge in [0, 0.05) is 81.4 Å². The van der Waals surface area contributed by atoms with Crippen molar-refractivity contribution in [3.63, 3.8) is 0 Å². The zero-order valence-corrected chi connectivity index (χ0v) is 66.8. The van der Waals surface area contributed by atoms with Gasteiger partial charge in [0.2, 0.25) is 17.7 Å². The molecule has 4 spiro atoms. The second kappa shape index (κ2) is 35.1. The van der Waals surface area contributed by atoms with Gasteiger partial charge in [-0.1, -0.05) is 132 Å². The van der Waals surface area contributed by atoms with Crippen LogP contribution in [0.15, 0.2) is 120 Å². The lowest BCUT2D eigenvalue weighted by molar-refractivity contribution is -0.122. The second-order valence-electron chi connectivity index (χ2n) is 34.7. The van der Waals surface area contributed by atoms with E-state index in [1.54, 1.807) is 26.2 Å². The van der Waals surface area contributed by atoms with Crippen LogP contribution in [-0.4, -0.2) is 132 Å². The Morgan fingerprint density at radius 1 is 0.533 bits per heavy atom. The predicted octanol–water partition coefficient (Wildman–Crippen LogP) is 18.1. The summed E-state index contributed by atoms with van der Waals surface area (Å²) in [6.07, 6.45) is 21.6. The number of hydrogen-bond donors (Lipinski definition) is 4. The van der Waals surface area contributed by atoms with Crippen molar-refractivity contribution in [1.29, 1.82) is 5.26 Å². The first-order valence-corrected chi connectivity index (χ1v) is 40.3. The van der Waals surface area contributed by atoms with E-state index in [1.807, 2.05) is 70.4 Å². The summed E-state index contributed by atoms with van der Waals surface area (Å²) in [5.74, 6) is 0.876. The molecule has 588 valence electrons. The number of nitrogens with zero attached hydrogens (tertiary/aromatic N) is 5. The van der Waals surface area contributed by atoms with Crippen molar-refractivity contribution in [1.82, 2.24) is 40.9 Å². The van der Waals surface area contributed by atoms with Crippen LogP contribution in [0.2, 0.25) is 0 Å². The van der Waals surface area contributed by atoms with E-state index in [0.717, 1.165) is 129 Å². The van der Waals surface area contributed by atoms with E-state index in [0.29, 0.717) is 44.6 Å². The normalized spacial score (nSPS) is 21.5. The molecule has 4 aliphatic heterocycles. The number of benzene rings is 4. The molecule has 4 aromatic carbocycles. The number of fused-ring (bicyclic) bond motifs is 8.